The lowest BCUT2D eigenvalue weighted by molar-refractivity contribution is 0.660. The molecule has 8 aromatic rings. The Kier molecular flexibility index (Phi) is 4.43. The van der Waals surface area contributed by atoms with Crippen LogP contribution in [-0.4, -0.2) is 0 Å². The number of benzene rings is 8. The Morgan fingerprint density at radius 1 is 0.365 bits per heavy atom. The maximum Gasteiger partial charge on any atom is 0.0645 e. The largest absolute Gasteiger partial charge is 0.310 e. The van der Waals surface area contributed by atoms with Gasteiger partial charge in [-0.05, 0) is 109 Å². The van der Waals surface area contributed by atoms with E-state index in [2.05, 4.69) is 30.3 Å². The standard InChI is InChI=1S/C51H39N/c1-51(2)49-34-43(42-20-18-39(19-21-42)36-12-6-3-7-13-36)26-32-47(49)48-33-31-46(35-50(48)51)52(44-27-22-40(23-28-44)37-14-8-4-9-15-37)45-29-24-41(25-30-45)38-16-10-5-11-17-38/h3-35H,1-2H3/i4D,5D,8D,9D,10D,11D,14D,15D,16D,17D,22D,23D,24D,25D,27D,28D,29D,30D. The second kappa shape index (κ2) is 13.0. The second-order valence-corrected chi connectivity index (χ2v) is 12.8. The van der Waals surface area contributed by atoms with Crippen molar-refractivity contribution in [2.24, 2.45) is 0 Å². The van der Waals surface area contributed by atoms with Crippen molar-refractivity contribution in [1.29, 1.82) is 0 Å². The van der Waals surface area contributed by atoms with E-state index in [0.717, 1.165) is 49.4 Å². The van der Waals surface area contributed by atoms with Gasteiger partial charge >= 0.3 is 0 Å². The summed E-state index contributed by atoms with van der Waals surface area (Å²) in [5.41, 5.74) is 3.26. The molecule has 52 heavy (non-hydrogen) atoms. The van der Waals surface area contributed by atoms with Crippen molar-refractivity contribution in [2.45, 2.75) is 19.3 Å². The third-order valence-corrected chi connectivity index (χ3v) is 9.41. The quantitative estimate of drug-likeness (QED) is 0.162. The van der Waals surface area contributed by atoms with Crippen molar-refractivity contribution in [3.8, 4) is 55.6 Å². The summed E-state index contributed by atoms with van der Waals surface area (Å²) in [7, 11) is 0. The van der Waals surface area contributed by atoms with E-state index in [1.54, 1.807) is 18.2 Å². The molecular weight excluding hydrogens is 627 g/mol. The molecule has 0 spiro atoms. The third-order valence-electron chi connectivity index (χ3n) is 9.41. The fraction of sp³-hybridized carbons (Fsp3) is 0.0588. The molecule has 0 fully saturated rings. The molecule has 0 unspecified atom stereocenters. The number of hydrogen-bond donors (Lipinski definition) is 0. The average molecular weight is 684 g/mol. The summed E-state index contributed by atoms with van der Waals surface area (Å²) < 4.78 is 159. The molecule has 8 aromatic carbocycles. The molecule has 0 aromatic heterocycles. The topological polar surface area (TPSA) is 3.24 Å². The van der Waals surface area contributed by atoms with Crippen molar-refractivity contribution >= 4 is 17.1 Å². The van der Waals surface area contributed by atoms with Crippen LogP contribution in [0.2, 0.25) is 0 Å². The monoisotopic (exact) mass is 683 g/mol. The van der Waals surface area contributed by atoms with Gasteiger partial charge in [0.05, 0.1) is 24.7 Å². The van der Waals surface area contributed by atoms with Gasteiger partial charge in [0.15, 0.2) is 0 Å². The van der Waals surface area contributed by atoms with Gasteiger partial charge in [-0.2, -0.15) is 0 Å². The van der Waals surface area contributed by atoms with Crippen LogP contribution in [-0.2, 0) is 5.41 Å². The first kappa shape index (κ1) is 17.7. The molecule has 0 radical (unpaired) electrons. The van der Waals surface area contributed by atoms with Crippen LogP contribution < -0.4 is 4.90 Å². The fourth-order valence-corrected chi connectivity index (χ4v) is 6.74. The van der Waals surface area contributed by atoms with E-state index >= 15 is 0 Å². The van der Waals surface area contributed by atoms with E-state index in [0.29, 0.717) is 0 Å². The number of hydrogen-bond acceptors (Lipinski definition) is 1. The summed E-state index contributed by atoms with van der Waals surface area (Å²) in [6, 6.07) is 15.2. The zero-order valence-electron chi connectivity index (χ0n) is 46.1. The predicted octanol–water partition coefficient (Wildman–Crippen LogP) is 14.1. The molecule has 248 valence electrons. The van der Waals surface area contributed by atoms with Gasteiger partial charge in [0.25, 0.3) is 0 Å². The van der Waals surface area contributed by atoms with Gasteiger partial charge in [-0.3, -0.25) is 0 Å². The van der Waals surface area contributed by atoms with E-state index in [1.807, 2.05) is 56.3 Å². The van der Waals surface area contributed by atoms with E-state index < -0.39 is 148 Å². The van der Waals surface area contributed by atoms with Crippen molar-refractivity contribution < 1.29 is 24.7 Å². The summed E-state index contributed by atoms with van der Waals surface area (Å²) >= 11 is 0. The Morgan fingerprint density at radius 2 is 0.788 bits per heavy atom. The highest BCUT2D eigenvalue weighted by Gasteiger charge is 2.36. The lowest BCUT2D eigenvalue weighted by Crippen LogP contribution is -2.16. The smallest absolute Gasteiger partial charge is 0.0645 e. The van der Waals surface area contributed by atoms with Gasteiger partial charge in [0, 0.05) is 22.5 Å². The Hall–Kier alpha value is -6.44. The van der Waals surface area contributed by atoms with Crippen LogP contribution in [0.15, 0.2) is 200 Å². The number of nitrogens with zero attached hydrogens (tertiary/aromatic N) is 1. The first-order valence-electron chi connectivity index (χ1n) is 25.6. The highest BCUT2D eigenvalue weighted by Crippen LogP contribution is 2.51. The molecule has 1 nitrogen and oxygen atoms in total. The summed E-state index contributed by atoms with van der Waals surface area (Å²) in [5.74, 6) is 0. The zero-order valence-corrected chi connectivity index (χ0v) is 28.1. The van der Waals surface area contributed by atoms with Crippen LogP contribution in [0.25, 0.3) is 55.6 Å². The molecule has 9 rings (SSSR count). The van der Waals surface area contributed by atoms with Crippen molar-refractivity contribution in [2.75, 3.05) is 4.90 Å². The Bertz CT molecular complexity index is 3300. The van der Waals surface area contributed by atoms with Crippen molar-refractivity contribution in [3.63, 3.8) is 0 Å². The lowest BCUT2D eigenvalue weighted by atomic mass is 9.81. The van der Waals surface area contributed by atoms with Crippen LogP contribution in [0, 0.1) is 0 Å². The van der Waals surface area contributed by atoms with Gasteiger partial charge in [-0.15, -0.1) is 0 Å². The molecule has 1 heteroatoms. The molecule has 0 heterocycles. The molecule has 0 aliphatic heterocycles. The van der Waals surface area contributed by atoms with Gasteiger partial charge in [-0.1, -0.05) is 171 Å². The Morgan fingerprint density at radius 3 is 1.33 bits per heavy atom. The summed E-state index contributed by atoms with van der Waals surface area (Å²) in [6.45, 7) is 4.01. The van der Waals surface area contributed by atoms with Crippen LogP contribution >= 0.6 is 0 Å². The molecule has 0 saturated carbocycles. The van der Waals surface area contributed by atoms with Gasteiger partial charge < -0.3 is 4.90 Å². The average Bonchev–Trinajstić information content (AvgIpc) is 3.58. The van der Waals surface area contributed by atoms with Gasteiger partial charge in [-0.25, -0.2) is 0 Å². The van der Waals surface area contributed by atoms with Crippen LogP contribution in [0.1, 0.15) is 49.6 Å². The molecule has 0 atom stereocenters. The van der Waals surface area contributed by atoms with Crippen molar-refractivity contribution in [1.82, 2.24) is 0 Å². The summed E-state index contributed by atoms with van der Waals surface area (Å²) in [5, 5.41) is 0. The Labute approximate surface area is 332 Å². The number of fused-ring (bicyclic) bond motifs is 3. The molecule has 0 amide bonds. The van der Waals surface area contributed by atoms with Crippen LogP contribution in [0.5, 0.6) is 0 Å². The lowest BCUT2D eigenvalue weighted by Gasteiger charge is -2.28. The Balaban J connectivity index is 1.27. The molecular formula is C51H39N. The number of anilines is 3. The van der Waals surface area contributed by atoms with E-state index in [9.17, 15) is 11.0 Å². The third kappa shape index (κ3) is 5.71. The highest BCUT2D eigenvalue weighted by molar-refractivity contribution is 5.88. The maximum atomic E-state index is 9.48. The minimum Gasteiger partial charge on any atom is -0.310 e. The molecule has 1 aliphatic rings. The highest BCUT2D eigenvalue weighted by atomic mass is 15.1. The first-order chi connectivity index (χ1) is 33.0. The second-order valence-electron chi connectivity index (χ2n) is 12.8. The fourth-order valence-electron chi connectivity index (χ4n) is 6.74. The van der Waals surface area contributed by atoms with Gasteiger partial charge in [0.2, 0.25) is 0 Å². The molecule has 0 bridgehead atoms. The van der Waals surface area contributed by atoms with Gasteiger partial charge in [0.1, 0.15) is 0 Å². The van der Waals surface area contributed by atoms with E-state index in [1.165, 1.54) is 0 Å². The van der Waals surface area contributed by atoms with Crippen LogP contribution in [0.4, 0.5) is 17.1 Å². The molecule has 1 aliphatic carbocycles. The molecule has 0 saturated heterocycles. The van der Waals surface area contributed by atoms with E-state index in [-0.39, 0.29) is 5.69 Å². The summed E-state index contributed by atoms with van der Waals surface area (Å²) in [6.07, 6.45) is 0. The normalized spacial score (nSPS) is 17.4. The summed E-state index contributed by atoms with van der Waals surface area (Å²) in [4.78, 5) is 1.05. The first-order valence-corrected chi connectivity index (χ1v) is 16.6. The maximum absolute atomic E-state index is 9.48. The zero-order chi connectivity index (χ0) is 50.7. The molecule has 0 N–H and O–H groups in total. The van der Waals surface area contributed by atoms with E-state index in [4.69, 9.17) is 13.7 Å². The minimum absolute atomic E-state index is 0.0732. The van der Waals surface area contributed by atoms with Crippen molar-refractivity contribution in [3.05, 3.63) is 211 Å². The number of rotatable bonds is 7. The SMILES string of the molecule is [2H]c1c([2H])c([2H])c(-c2c([2H])c([2H])c(N(c3ccc4c(c3)C(C)(C)c3cc(-c5ccc(-c6ccccc6)cc5)ccc3-4)c3c([2H])c([2H])c(-c4c([2H])c([2H])c([2H])c([2H])c4[2H])c([2H])c3[2H])c([2H])c2[2H])c([2H])c1[2H]. The predicted molar refractivity (Wildman–Crippen MR) is 220 cm³/mol. The van der Waals surface area contributed by atoms with Crippen LogP contribution in [0.3, 0.4) is 0 Å². The minimum atomic E-state index is -0.830.